The summed E-state index contributed by atoms with van der Waals surface area (Å²) in [5.74, 6) is -1.12. The quantitative estimate of drug-likeness (QED) is 0.606. The van der Waals surface area contributed by atoms with Gasteiger partial charge in [0, 0.05) is 11.6 Å². The van der Waals surface area contributed by atoms with Crippen molar-refractivity contribution in [1.29, 1.82) is 0 Å². The number of carboxylic acid groups (broad SMARTS) is 1. The third-order valence-corrected chi connectivity index (χ3v) is 5.95. The summed E-state index contributed by atoms with van der Waals surface area (Å²) in [6.45, 7) is 1.61. The van der Waals surface area contributed by atoms with E-state index >= 15 is 0 Å². The van der Waals surface area contributed by atoms with Gasteiger partial charge >= 0.3 is 5.97 Å². The molecule has 34 heavy (non-hydrogen) atoms. The summed E-state index contributed by atoms with van der Waals surface area (Å²) in [5.41, 5.74) is 1.95. The van der Waals surface area contributed by atoms with Crippen molar-refractivity contribution in [1.82, 2.24) is 5.32 Å². The molecule has 4 rings (SSSR count). The van der Waals surface area contributed by atoms with Crippen molar-refractivity contribution < 1.29 is 24.2 Å². The lowest BCUT2D eigenvalue weighted by molar-refractivity contribution is -0.124. The number of nitrogens with zero attached hydrogens (tertiary/aromatic N) is 2. The molecule has 8 nitrogen and oxygen atoms in total. The Morgan fingerprint density at radius 3 is 2.68 bits per heavy atom. The Balaban J connectivity index is 1.48. The fraction of sp³-hybridized carbons (Fsp3) is 0.308. The van der Waals surface area contributed by atoms with Gasteiger partial charge in [-0.25, -0.2) is 4.79 Å². The van der Waals surface area contributed by atoms with Gasteiger partial charge in [-0.15, -0.1) is 0 Å². The van der Waals surface area contributed by atoms with Crippen molar-refractivity contribution in [3.05, 3.63) is 65.2 Å². The third kappa shape index (κ3) is 5.33. The number of hydrogen-bond acceptors (Lipinski definition) is 5. The number of amides is 2. The molecule has 1 saturated carbocycles. The number of para-hydroxylation sites is 1. The standard InChI is InChI=1S/C26H27N3O5/c1-17-22(25(31)29(28-17)21-12-7-9-19(14-21)26(32)33)15-18-8-5-6-13-23(18)34-16-24(30)27-20-10-3-2-4-11-20/h5-9,12-15,20H,2-4,10-11,16H2,1H3,(H,27,30)(H,32,33). The topological polar surface area (TPSA) is 108 Å². The SMILES string of the molecule is CC1=NN(c2cccc(C(=O)O)c2)C(=O)C1=Cc1ccccc1OCC(=O)NC1CCCCC1. The van der Waals surface area contributed by atoms with Crippen molar-refractivity contribution in [2.75, 3.05) is 11.6 Å². The summed E-state index contributed by atoms with van der Waals surface area (Å²) >= 11 is 0. The molecular formula is C26H27N3O5. The van der Waals surface area contributed by atoms with Crippen molar-refractivity contribution in [2.45, 2.75) is 45.1 Å². The minimum atomic E-state index is -1.08. The number of aromatic carboxylic acids is 1. The molecule has 1 heterocycles. The van der Waals surface area contributed by atoms with E-state index in [0.717, 1.165) is 25.7 Å². The van der Waals surface area contributed by atoms with E-state index in [-0.39, 0.29) is 30.0 Å². The van der Waals surface area contributed by atoms with Gasteiger partial charge in [0.15, 0.2) is 6.61 Å². The van der Waals surface area contributed by atoms with Crippen LogP contribution in [0.15, 0.2) is 59.2 Å². The van der Waals surface area contributed by atoms with E-state index in [2.05, 4.69) is 10.4 Å². The van der Waals surface area contributed by atoms with Gasteiger partial charge in [0.2, 0.25) is 0 Å². The highest BCUT2D eigenvalue weighted by molar-refractivity contribution is 6.32. The van der Waals surface area contributed by atoms with Crippen LogP contribution in [0.5, 0.6) is 5.75 Å². The van der Waals surface area contributed by atoms with E-state index < -0.39 is 5.97 Å². The second-order valence-electron chi connectivity index (χ2n) is 8.44. The summed E-state index contributed by atoms with van der Waals surface area (Å²) in [5, 5.41) is 17.8. The molecular weight excluding hydrogens is 434 g/mol. The van der Waals surface area contributed by atoms with Crippen LogP contribution in [-0.2, 0) is 9.59 Å². The predicted octanol–water partition coefficient (Wildman–Crippen LogP) is 4.02. The lowest BCUT2D eigenvalue weighted by Crippen LogP contribution is -2.39. The molecule has 176 valence electrons. The Bertz CT molecular complexity index is 1160. The molecule has 0 aromatic heterocycles. The van der Waals surface area contributed by atoms with E-state index in [4.69, 9.17) is 4.74 Å². The smallest absolute Gasteiger partial charge is 0.335 e. The fourth-order valence-corrected chi connectivity index (χ4v) is 4.18. The van der Waals surface area contributed by atoms with Crippen LogP contribution in [-0.4, -0.2) is 41.3 Å². The van der Waals surface area contributed by atoms with Gasteiger partial charge in [0.25, 0.3) is 11.8 Å². The average Bonchev–Trinajstić information content (AvgIpc) is 3.12. The maximum atomic E-state index is 13.1. The Hall–Kier alpha value is -3.94. The van der Waals surface area contributed by atoms with Crippen LogP contribution in [0.1, 0.15) is 54.9 Å². The average molecular weight is 462 g/mol. The Morgan fingerprint density at radius 1 is 1.15 bits per heavy atom. The molecule has 0 unspecified atom stereocenters. The first-order chi connectivity index (χ1) is 16.4. The lowest BCUT2D eigenvalue weighted by atomic mass is 9.95. The van der Waals surface area contributed by atoms with Gasteiger partial charge in [-0.1, -0.05) is 43.5 Å². The number of anilines is 1. The highest BCUT2D eigenvalue weighted by Crippen LogP contribution is 2.28. The minimum absolute atomic E-state index is 0.0702. The zero-order valence-electron chi connectivity index (χ0n) is 19.0. The normalized spacial score (nSPS) is 17.6. The first-order valence-corrected chi connectivity index (χ1v) is 11.4. The minimum Gasteiger partial charge on any atom is -0.483 e. The van der Waals surface area contributed by atoms with Crippen molar-refractivity contribution in [2.24, 2.45) is 5.10 Å². The number of carbonyl (C=O) groups is 3. The van der Waals surface area contributed by atoms with Gasteiger partial charge in [0.05, 0.1) is 22.5 Å². The predicted molar refractivity (Wildman–Crippen MR) is 129 cm³/mol. The van der Waals surface area contributed by atoms with Crippen molar-refractivity contribution in [3.8, 4) is 5.75 Å². The molecule has 8 heteroatoms. The van der Waals surface area contributed by atoms with Crippen molar-refractivity contribution >= 4 is 35.3 Å². The number of hydrogen-bond donors (Lipinski definition) is 2. The van der Waals surface area contributed by atoms with Crippen LogP contribution in [0.4, 0.5) is 5.69 Å². The van der Waals surface area contributed by atoms with Gasteiger partial charge in [-0.3, -0.25) is 9.59 Å². The highest BCUT2D eigenvalue weighted by atomic mass is 16.5. The first-order valence-electron chi connectivity index (χ1n) is 11.4. The molecule has 2 N–H and O–H groups in total. The fourth-order valence-electron chi connectivity index (χ4n) is 4.18. The van der Waals surface area contributed by atoms with Gasteiger partial charge in [0.1, 0.15) is 5.75 Å². The molecule has 2 amide bonds. The monoisotopic (exact) mass is 461 g/mol. The highest BCUT2D eigenvalue weighted by Gasteiger charge is 2.29. The third-order valence-electron chi connectivity index (χ3n) is 5.95. The summed E-state index contributed by atoms with van der Waals surface area (Å²) in [6, 6.07) is 13.4. The maximum Gasteiger partial charge on any atom is 0.335 e. The van der Waals surface area contributed by atoms with Gasteiger partial charge in [-0.05, 0) is 50.1 Å². The number of hydrazone groups is 1. The summed E-state index contributed by atoms with van der Waals surface area (Å²) < 4.78 is 5.79. The Morgan fingerprint density at radius 2 is 1.91 bits per heavy atom. The van der Waals surface area contributed by atoms with Crippen LogP contribution in [0.3, 0.4) is 0 Å². The second kappa shape index (κ2) is 10.3. The van der Waals surface area contributed by atoms with E-state index in [1.165, 1.54) is 23.6 Å². The molecule has 0 bridgehead atoms. The number of benzene rings is 2. The van der Waals surface area contributed by atoms with E-state index in [1.807, 2.05) is 6.07 Å². The van der Waals surface area contributed by atoms with Crippen LogP contribution >= 0.6 is 0 Å². The van der Waals surface area contributed by atoms with Gasteiger partial charge in [-0.2, -0.15) is 10.1 Å². The largest absolute Gasteiger partial charge is 0.483 e. The molecule has 2 aromatic rings. The number of ether oxygens (including phenoxy) is 1. The van der Waals surface area contributed by atoms with E-state index in [1.54, 1.807) is 43.3 Å². The molecule has 0 saturated heterocycles. The molecule has 0 radical (unpaired) electrons. The van der Waals surface area contributed by atoms with Crippen LogP contribution < -0.4 is 15.1 Å². The summed E-state index contributed by atoms with van der Waals surface area (Å²) in [6.07, 6.45) is 7.16. The van der Waals surface area contributed by atoms with E-state index in [0.29, 0.717) is 28.3 Å². The van der Waals surface area contributed by atoms with Crippen LogP contribution in [0.25, 0.3) is 6.08 Å². The van der Waals surface area contributed by atoms with Crippen molar-refractivity contribution in [3.63, 3.8) is 0 Å². The molecule has 0 spiro atoms. The van der Waals surface area contributed by atoms with Gasteiger partial charge < -0.3 is 15.2 Å². The van der Waals surface area contributed by atoms with Crippen LogP contribution in [0.2, 0.25) is 0 Å². The summed E-state index contributed by atoms with van der Waals surface area (Å²) in [7, 11) is 0. The Kier molecular flexibility index (Phi) is 7.06. The number of carboxylic acids is 1. The van der Waals surface area contributed by atoms with E-state index in [9.17, 15) is 19.5 Å². The van der Waals surface area contributed by atoms with Crippen LogP contribution in [0, 0.1) is 0 Å². The zero-order valence-corrected chi connectivity index (χ0v) is 19.0. The molecule has 2 aromatic carbocycles. The maximum absolute atomic E-state index is 13.1. The molecule has 1 fully saturated rings. The number of rotatable bonds is 7. The Labute approximate surface area is 197 Å². The number of nitrogens with one attached hydrogen (secondary N) is 1. The molecule has 0 atom stereocenters. The first kappa shape index (κ1) is 23.2. The molecule has 1 aliphatic heterocycles. The molecule has 2 aliphatic rings. The molecule has 1 aliphatic carbocycles. The summed E-state index contributed by atoms with van der Waals surface area (Å²) in [4.78, 5) is 36.7. The number of carbonyl (C=O) groups excluding carboxylic acids is 2. The lowest BCUT2D eigenvalue weighted by Gasteiger charge is -2.22. The zero-order chi connectivity index (χ0) is 24.1. The second-order valence-corrected chi connectivity index (χ2v) is 8.44.